The van der Waals surface area contributed by atoms with Crippen LogP contribution in [0.3, 0.4) is 0 Å². The van der Waals surface area contributed by atoms with Gasteiger partial charge in [-0.15, -0.1) is 0 Å². The summed E-state index contributed by atoms with van der Waals surface area (Å²) in [5, 5.41) is 0. The Balaban J connectivity index is 1.95. The molecule has 9 heteroatoms. The van der Waals surface area contributed by atoms with E-state index in [-0.39, 0.29) is 24.7 Å². The molecule has 170 valence electrons. The first-order valence-corrected chi connectivity index (χ1v) is 15.7. The Bertz CT molecular complexity index is 872. The van der Waals surface area contributed by atoms with Crippen molar-refractivity contribution in [2.75, 3.05) is 19.8 Å². The van der Waals surface area contributed by atoms with E-state index in [4.69, 9.17) is 22.6 Å². The molecule has 1 aliphatic heterocycles. The first-order valence-electron chi connectivity index (χ1n) is 10.3. The Morgan fingerprint density at radius 2 is 1.61 bits per heavy atom. The second-order valence-electron chi connectivity index (χ2n) is 7.85. The first kappa shape index (κ1) is 25.1. The van der Waals surface area contributed by atoms with E-state index in [1.165, 1.54) is 0 Å². The van der Waals surface area contributed by atoms with Crippen LogP contribution in [0.2, 0.25) is 0 Å². The molecule has 2 aromatic carbocycles. The Morgan fingerprint density at radius 3 is 2.16 bits per heavy atom. The van der Waals surface area contributed by atoms with Gasteiger partial charge < -0.3 is 0 Å². The molecule has 0 aromatic heterocycles. The van der Waals surface area contributed by atoms with Gasteiger partial charge in [-0.1, -0.05) is 0 Å². The summed E-state index contributed by atoms with van der Waals surface area (Å²) in [4.78, 5) is 0. The van der Waals surface area contributed by atoms with E-state index in [2.05, 4.69) is 29.4 Å². The molecule has 0 N–H and O–H groups in total. The Labute approximate surface area is 193 Å². The van der Waals surface area contributed by atoms with Gasteiger partial charge in [0.1, 0.15) is 0 Å². The number of benzene rings is 2. The fraction of sp³-hybridized carbons (Fsp3) is 0.455. The minimum atomic E-state index is -3.66. The number of rotatable bonds is 9. The summed E-state index contributed by atoms with van der Waals surface area (Å²) in [6, 6.07) is 19.3. The third kappa shape index (κ3) is 6.06. The number of hydrogen-bond acceptors (Lipinski definition) is 6. The molecule has 2 aromatic rings. The van der Waals surface area contributed by atoms with Gasteiger partial charge in [0.05, 0.1) is 0 Å². The average molecular weight is 531 g/mol. The van der Waals surface area contributed by atoms with E-state index in [0.29, 0.717) is 12.2 Å². The molecule has 0 spiro atoms. The predicted octanol–water partition coefficient (Wildman–Crippen LogP) is 6.63. The van der Waals surface area contributed by atoms with Crippen molar-refractivity contribution in [1.82, 2.24) is 0 Å². The van der Waals surface area contributed by atoms with Gasteiger partial charge in [0, 0.05) is 0 Å². The Hall–Kier alpha value is -0.581. The molecule has 3 rings (SSSR count). The van der Waals surface area contributed by atoms with Crippen molar-refractivity contribution in [1.29, 1.82) is 0 Å². The van der Waals surface area contributed by atoms with Crippen LogP contribution in [-0.2, 0) is 27.2 Å². The third-order valence-electron chi connectivity index (χ3n) is 4.86. The zero-order chi connectivity index (χ0) is 22.5. The van der Waals surface area contributed by atoms with Gasteiger partial charge in [-0.25, -0.2) is 0 Å². The Kier molecular flexibility index (Phi) is 8.54. The van der Waals surface area contributed by atoms with Crippen molar-refractivity contribution in [2.24, 2.45) is 5.41 Å². The summed E-state index contributed by atoms with van der Waals surface area (Å²) in [6.07, 6.45) is -0.257. The van der Waals surface area contributed by atoms with E-state index in [9.17, 15) is 4.57 Å². The van der Waals surface area contributed by atoms with Crippen molar-refractivity contribution in [3.8, 4) is 0 Å². The van der Waals surface area contributed by atoms with Gasteiger partial charge in [0.15, 0.2) is 0 Å². The van der Waals surface area contributed by atoms with E-state index in [0.717, 1.165) is 5.56 Å². The minimum absolute atomic E-state index is 0.226. The molecule has 1 heterocycles. The van der Waals surface area contributed by atoms with Gasteiger partial charge in [-0.3, -0.25) is 0 Å². The molecular weight excluding hydrogens is 501 g/mol. The fourth-order valence-electron chi connectivity index (χ4n) is 3.39. The SMILES string of the molecule is CCOP(=O)(OCC)C(O[P+]1([Se-])OCC(C)(C)[C@H](c2ccccc2)O1)c1ccccc1. The van der Waals surface area contributed by atoms with Gasteiger partial charge in [0.25, 0.3) is 0 Å². The van der Waals surface area contributed by atoms with Crippen molar-refractivity contribution in [3.63, 3.8) is 0 Å². The maximum absolute atomic E-state index is 13.7. The van der Waals surface area contributed by atoms with Crippen LogP contribution in [0, 0.1) is 5.41 Å². The Morgan fingerprint density at radius 1 is 1.06 bits per heavy atom. The second kappa shape index (κ2) is 10.6. The van der Waals surface area contributed by atoms with Crippen molar-refractivity contribution in [2.45, 2.75) is 39.6 Å². The molecule has 3 atom stereocenters. The third-order valence-corrected chi connectivity index (χ3v) is 10.4. The van der Waals surface area contributed by atoms with Gasteiger partial charge >= 0.3 is 194 Å². The van der Waals surface area contributed by atoms with Crippen LogP contribution in [0.1, 0.15) is 50.8 Å². The predicted molar refractivity (Wildman–Crippen MR) is 124 cm³/mol. The maximum atomic E-state index is 13.7. The molecule has 1 saturated heterocycles. The average Bonchev–Trinajstić information content (AvgIpc) is 2.76. The molecule has 1 aliphatic rings. The van der Waals surface area contributed by atoms with Crippen LogP contribution >= 0.6 is 14.2 Å². The molecule has 1 fully saturated rings. The zero-order valence-electron chi connectivity index (χ0n) is 18.3. The van der Waals surface area contributed by atoms with Gasteiger partial charge in [0.2, 0.25) is 0 Å². The van der Waals surface area contributed by atoms with Crippen LogP contribution in [-0.4, -0.2) is 35.4 Å². The van der Waals surface area contributed by atoms with Crippen LogP contribution < -0.4 is 0 Å². The van der Waals surface area contributed by atoms with Crippen molar-refractivity contribution < 1.29 is 27.2 Å². The molecule has 0 bridgehead atoms. The number of hydrogen-bond donors (Lipinski definition) is 0. The summed E-state index contributed by atoms with van der Waals surface area (Å²) >= 11 is 3.00. The monoisotopic (exact) mass is 532 g/mol. The molecule has 0 radical (unpaired) electrons. The summed E-state index contributed by atoms with van der Waals surface area (Å²) in [5.41, 5.74) is 1.44. The van der Waals surface area contributed by atoms with Crippen LogP contribution in [0.15, 0.2) is 60.7 Å². The summed E-state index contributed by atoms with van der Waals surface area (Å²) in [6.45, 7) is 5.62. The van der Waals surface area contributed by atoms with Crippen molar-refractivity contribution in [3.05, 3.63) is 71.8 Å². The molecular formula is C22H30O6P2Se. The second-order valence-corrected chi connectivity index (χ2v) is 14.3. The standard InChI is InChI=1S/C22H30O6P2Se/c1-5-24-29(23,25-6-2)21(19-15-11-8-12-16-19)28-30(31)26-17-22(3,4)20(27-30)18-13-9-7-10-14-18/h7-16,20-21H,5-6,17H2,1-4H3/t20-,21?,30?/m0/s1. The quantitative estimate of drug-likeness (QED) is 0.268. The van der Waals surface area contributed by atoms with E-state index < -0.39 is 20.1 Å². The zero-order valence-corrected chi connectivity index (χ0v) is 21.8. The fourth-order valence-corrected chi connectivity index (χ4v) is 9.37. The molecule has 0 saturated carbocycles. The topological polar surface area (TPSA) is 63.2 Å². The summed E-state index contributed by atoms with van der Waals surface area (Å²) in [5.74, 6) is -0.985. The van der Waals surface area contributed by atoms with Gasteiger partial charge in [-0.05, 0) is 0 Å². The normalized spacial score (nSPS) is 24.6. The summed E-state index contributed by atoms with van der Waals surface area (Å²) in [7, 11) is -3.66. The molecule has 2 unspecified atom stereocenters. The van der Waals surface area contributed by atoms with Gasteiger partial charge in [-0.2, -0.15) is 0 Å². The molecule has 0 amide bonds. The molecule has 31 heavy (non-hydrogen) atoms. The first-order chi connectivity index (χ1) is 14.7. The van der Waals surface area contributed by atoms with Crippen molar-refractivity contribution >= 4 is 29.8 Å². The van der Waals surface area contributed by atoms with Crippen LogP contribution in [0.5, 0.6) is 0 Å². The molecule has 6 nitrogen and oxygen atoms in total. The van der Waals surface area contributed by atoms with E-state index >= 15 is 0 Å². The van der Waals surface area contributed by atoms with E-state index in [1.54, 1.807) is 13.8 Å². The summed E-state index contributed by atoms with van der Waals surface area (Å²) < 4.78 is 43.9. The van der Waals surface area contributed by atoms with Crippen LogP contribution in [0.25, 0.3) is 0 Å². The van der Waals surface area contributed by atoms with E-state index in [1.807, 2.05) is 60.7 Å². The van der Waals surface area contributed by atoms with Crippen LogP contribution in [0.4, 0.5) is 0 Å². The molecule has 0 aliphatic carbocycles.